The second-order valence-electron chi connectivity index (χ2n) is 9.92. The molecule has 0 aromatic carbocycles. The molecule has 2 atom stereocenters. The average molecular weight is 461 g/mol. The minimum absolute atomic E-state index is 0.212. The Morgan fingerprint density at radius 3 is 2.70 bits per heavy atom. The number of aliphatic hydroxyl groups is 1. The zero-order valence-corrected chi connectivity index (χ0v) is 20.1. The number of hydrogen-bond donors (Lipinski definition) is 2. The summed E-state index contributed by atoms with van der Waals surface area (Å²) in [4.78, 5) is 27.4. The molecule has 1 saturated carbocycles. The first-order valence-electron chi connectivity index (χ1n) is 12.0. The number of aromatic nitrogens is 4. The number of aliphatic hydroxyl groups excluding tert-OH is 1. The number of nitrogens with zero attached hydrogens (tertiary/aromatic N) is 5. The van der Waals surface area contributed by atoms with Crippen LogP contribution in [0.1, 0.15) is 78.3 Å². The summed E-state index contributed by atoms with van der Waals surface area (Å²) in [6.07, 6.45) is 6.44. The van der Waals surface area contributed by atoms with E-state index in [0.717, 1.165) is 12.8 Å². The van der Waals surface area contributed by atoms with E-state index in [9.17, 15) is 9.90 Å². The highest BCUT2D eigenvalue weighted by Crippen LogP contribution is 2.28. The zero-order valence-electron chi connectivity index (χ0n) is 20.1. The molecule has 182 valence electrons. The monoisotopic (exact) mass is 460 g/mol. The van der Waals surface area contributed by atoms with Crippen molar-refractivity contribution in [3.8, 4) is 5.88 Å². The number of likely N-dealkylation sites (tertiary alicyclic amines) is 1. The van der Waals surface area contributed by atoms with Gasteiger partial charge in [0.2, 0.25) is 5.88 Å². The minimum atomic E-state index is -0.885. The summed E-state index contributed by atoms with van der Waals surface area (Å²) in [6, 6.07) is 0.290. The molecule has 2 N–H and O–H groups in total. The van der Waals surface area contributed by atoms with E-state index < -0.39 is 11.8 Å². The highest BCUT2D eigenvalue weighted by atomic mass is 16.6. The molecule has 33 heavy (non-hydrogen) atoms. The lowest BCUT2D eigenvalue weighted by atomic mass is 9.95. The van der Waals surface area contributed by atoms with Gasteiger partial charge >= 0.3 is 6.09 Å². The molecule has 2 aromatic rings. The van der Waals surface area contributed by atoms with Crippen LogP contribution in [-0.2, 0) is 11.3 Å². The predicted molar refractivity (Wildman–Crippen MR) is 123 cm³/mol. The highest BCUT2D eigenvalue weighted by Gasteiger charge is 2.32. The number of rotatable bonds is 6. The first kappa shape index (κ1) is 23.7. The largest absolute Gasteiger partial charge is 0.471 e. The van der Waals surface area contributed by atoms with Crippen molar-refractivity contribution in [3.05, 3.63) is 12.2 Å². The van der Waals surface area contributed by atoms with Crippen LogP contribution in [0.4, 0.5) is 4.79 Å². The Hall–Kier alpha value is -2.46. The predicted octanol–water partition coefficient (Wildman–Crippen LogP) is 3.15. The lowest BCUT2D eigenvalue weighted by Crippen LogP contribution is -2.36. The molecular weight excluding hydrogens is 424 g/mol. The maximum Gasteiger partial charge on any atom is 0.410 e. The van der Waals surface area contributed by atoms with E-state index in [0.29, 0.717) is 48.9 Å². The van der Waals surface area contributed by atoms with Gasteiger partial charge in [0.25, 0.3) is 0 Å². The summed E-state index contributed by atoms with van der Waals surface area (Å²) in [5.41, 5.74) is 0.614. The van der Waals surface area contributed by atoms with Gasteiger partial charge in [-0.25, -0.2) is 14.8 Å². The van der Waals surface area contributed by atoms with Gasteiger partial charge in [0.15, 0.2) is 23.2 Å². The fourth-order valence-corrected chi connectivity index (χ4v) is 4.58. The Labute approximate surface area is 194 Å². The van der Waals surface area contributed by atoms with Crippen LogP contribution in [-0.4, -0.2) is 66.5 Å². The van der Waals surface area contributed by atoms with E-state index >= 15 is 0 Å². The quantitative estimate of drug-likeness (QED) is 0.632. The number of amides is 1. The van der Waals surface area contributed by atoms with Crippen molar-refractivity contribution in [1.29, 1.82) is 0 Å². The number of carbonyl (C=O) groups is 1. The van der Waals surface area contributed by atoms with Gasteiger partial charge in [0.05, 0.1) is 6.54 Å². The molecule has 1 amide bonds. The van der Waals surface area contributed by atoms with E-state index in [1.165, 1.54) is 25.6 Å². The summed E-state index contributed by atoms with van der Waals surface area (Å²) in [5, 5.41) is 14.2. The molecule has 2 fully saturated rings. The molecule has 1 aliphatic carbocycles. The SMILES string of the molecule is CCn1c(C(O)NC2CCCCC2)nc2c(O[C@H]3CCN(C(=O)OC(C)(C)C)C3)ncnc21. The molecule has 1 saturated heterocycles. The number of ether oxygens (including phenoxy) is 2. The van der Waals surface area contributed by atoms with E-state index in [1.807, 2.05) is 32.3 Å². The molecule has 0 bridgehead atoms. The third kappa shape index (κ3) is 5.55. The Morgan fingerprint density at radius 1 is 1.24 bits per heavy atom. The molecule has 10 heteroatoms. The van der Waals surface area contributed by atoms with Gasteiger partial charge in [-0.3, -0.25) is 5.32 Å². The fraction of sp³-hybridized carbons (Fsp3) is 0.739. The Morgan fingerprint density at radius 2 is 2.00 bits per heavy atom. The van der Waals surface area contributed by atoms with Crippen LogP contribution in [0.25, 0.3) is 11.2 Å². The Kier molecular flexibility index (Phi) is 7.04. The van der Waals surface area contributed by atoms with Crippen LogP contribution >= 0.6 is 0 Å². The summed E-state index contributed by atoms with van der Waals surface area (Å²) in [6.45, 7) is 9.15. The van der Waals surface area contributed by atoms with Crippen LogP contribution in [0.2, 0.25) is 0 Å². The van der Waals surface area contributed by atoms with Gasteiger partial charge in [0, 0.05) is 25.6 Å². The van der Waals surface area contributed by atoms with Crippen molar-refractivity contribution in [1.82, 2.24) is 29.7 Å². The van der Waals surface area contributed by atoms with Gasteiger partial charge in [-0.1, -0.05) is 19.3 Å². The van der Waals surface area contributed by atoms with Crippen molar-refractivity contribution in [2.45, 2.75) is 96.7 Å². The average Bonchev–Trinajstić information content (AvgIpc) is 3.38. The van der Waals surface area contributed by atoms with E-state index in [4.69, 9.17) is 9.47 Å². The van der Waals surface area contributed by atoms with E-state index in [2.05, 4.69) is 20.3 Å². The fourth-order valence-electron chi connectivity index (χ4n) is 4.58. The van der Waals surface area contributed by atoms with Gasteiger partial charge in [0.1, 0.15) is 18.0 Å². The number of nitrogens with one attached hydrogen (secondary N) is 1. The standard InChI is InChI=1S/C23H36N6O4/c1-5-29-18-17(27-19(29)20(30)26-15-9-7-6-8-10-15)21(25-14-24-18)32-16-11-12-28(13-16)22(31)33-23(2,3)4/h14-16,20,26,30H,5-13H2,1-4H3/t16-,20?/m0/s1. The van der Waals surface area contributed by atoms with Crippen molar-refractivity contribution in [2.24, 2.45) is 0 Å². The summed E-state index contributed by atoms with van der Waals surface area (Å²) < 4.78 is 13.5. The third-order valence-corrected chi connectivity index (χ3v) is 6.16. The maximum absolute atomic E-state index is 12.4. The molecule has 0 radical (unpaired) electrons. The first-order chi connectivity index (χ1) is 15.7. The Bertz CT molecular complexity index is 966. The second-order valence-corrected chi connectivity index (χ2v) is 9.92. The van der Waals surface area contributed by atoms with E-state index in [-0.39, 0.29) is 18.2 Å². The number of carbonyl (C=O) groups excluding carboxylic acids is 1. The number of aryl methyl sites for hydroxylation is 1. The second kappa shape index (κ2) is 9.80. The zero-order chi connectivity index (χ0) is 23.6. The molecule has 1 unspecified atom stereocenters. The molecule has 10 nitrogen and oxygen atoms in total. The smallest absolute Gasteiger partial charge is 0.410 e. The van der Waals surface area contributed by atoms with Gasteiger partial charge < -0.3 is 24.0 Å². The molecule has 2 aromatic heterocycles. The molecule has 2 aliphatic rings. The molecule has 3 heterocycles. The van der Waals surface area contributed by atoms with Crippen molar-refractivity contribution < 1.29 is 19.4 Å². The van der Waals surface area contributed by atoms with Gasteiger partial charge in [-0.05, 0) is 40.5 Å². The van der Waals surface area contributed by atoms with Crippen LogP contribution < -0.4 is 10.1 Å². The number of fused-ring (bicyclic) bond motifs is 1. The molecule has 1 aliphatic heterocycles. The molecule has 0 spiro atoms. The van der Waals surface area contributed by atoms with Crippen molar-refractivity contribution in [2.75, 3.05) is 13.1 Å². The van der Waals surface area contributed by atoms with Gasteiger partial charge in [-0.2, -0.15) is 4.98 Å². The normalized spacial score (nSPS) is 20.9. The maximum atomic E-state index is 12.4. The van der Waals surface area contributed by atoms with Gasteiger partial charge in [-0.15, -0.1) is 0 Å². The number of hydrogen-bond acceptors (Lipinski definition) is 8. The minimum Gasteiger partial charge on any atom is -0.471 e. The topological polar surface area (TPSA) is 115 Å². The van der Waals surface area contributed by atoms with Crippen molar-refractivity contribution in [3.63, 3.8) is 0 Å². The summed E-state index contributed by atoms with van der Waals surface area (Å²) in [7, 11) is 0. The van der Waals surface area contributed by atoms with Crippen LogP contribution in [0.15, 0.2) is 6.33 Å². The van der Waals surface area contributed by atoms with Crippen LogP contribution in [0.3, 0.4) is 0 Å². The first-order valence-corrected chi connectivity index (χ1v) is 12.0. The summed E-state index contributed by atoms with van der Waals surface area (Å²) in [5.74, 6) is 0.889. The summed E-state index contributed by atoms with van der Waals surface area (Å²) >= 11 is 0. The lowest BCUT2D eigenvalue weighted by Gasteiger charge is -2.25. The number of imidazole rings is 1. The molecule has 4 rings (SSSR count). The van der Waals surface area contributed by atoms with Crippen LogP contribution in [0, 0.1) is 0 Å². The lowest BCUT2D eigenvalue weighted by molar-refractivity contribution is 0.0275. The molecular formula is C23H36N6O4. The van der Waals surface area contributed by atoms with Crippen LogP contribution in [0.5, 0.6) is 5.88 Å². The Balaban J connectivity index is 1.49. The highest BCUT2D eigenvalue weighted by molar-refractivity contribution is 5.77. The van der Waals surface area contributed by atoms with E-state index in [1.54, 1.807) is 4.90 Å². The third-order valence-electron chi connectivity index (χ3n) is 6.16. The van der Waals surface area contributed by atoms with Crippen molar-refractivity contribution >= 4 is 17.3 Å².